The second kappa shape index (κ2) is 6.87. The first-order chi connectivity index (χ1) is 12.3. The van der Waals surface area contributed by atoms with Gasteiger partial charge >= 0.3 is 12.1 Å². The number of amides is 1. The van der Waals surface area contributed by atoms with E-state index in [1.165, 1.54) is 12.1 Å². The van der Waals surface area contributed by atoms with Crippen molar-refractivity contribution in [3.63, 3.8) is 0 Å². The minimum Gasteiger partial charge on any atom is -0.451 e. The number of hydrogen-bond acceptors (Lipinski definition) is 4. The van der Waals surface area contributed by atoms with Crippen LogP contribution < -0.4 is 5.32 Å². The van der Waals surface area contributed by atoms with Gasteiger partial charge in [-0.05, 0) is 24.3 Å². The number of carbonyl (C=O) groups is 2. The number of esters is 1. The molecule has 0 bridgehead atoms. The van der Waals surface area contributed by atoms with Gasteiger partial charge in [-0.3, -0.25) is 9.89 Å². The van der Waals surface area contributed by atoms with Gasteiger partial charge in [-0.1, -0.05) is 24.3 Å². The molecule has 0 saturated heterocycles. The zero-order valence-electron chi connectivity index (χ0n) is 13.1. The SMILES string of the molecule is O=C(COC(=O)c1n[nH]c2ccccc12)Nc1cccc(C(F)(F)F)c1. The molecule has 26 heavy (non-hydrogen) atoms. The summed E-state index contributed by atoms with van der Waals surface area (Å²) in [6.07, 6.45) is -4.52. The third-order valence-corrected chi connectivity index (χ3v) is 3.47. The van der Waals surface area contributed by atoms with E-state index in [2.05, 4.69) is 15.5 Å². The average Bonchev–Trinajstić information content (AvgIpc) is 3.03. The summed E-state index contributed by atoms with van der Waals surface area (Å²) in [6.45, 7) is -0.656. The molecule has 0 unspecified atom stereocenters. The summed E-state index contributed by atoms with van der Waals surface area (Å²) in [7, 11) is 0. The highest BCUT2D eigenvalue weighted by Gasteiger charge is 2.30. The fraction of sp³-hybridized carbons (Fsp3) is 0.118. The smallest absolute Gasteiger partial charge is 0.416 e. The topological polar surface area (TPSA) is 84.1 Å². The molecule has 2 N–H and O–H groups in total. The number of aromatic nitrogens is 2. The van der Waals surface area contributed by atoms with Gasteiger partial charge in [-0.2, -0.15) is 18.3 Å². The molecule has 0 saturated carbocycles. The summed E-state index contributed by atoms with van der Waals surface area (Å²) in [5.74, 6) is -1.58. The molecule has 0 fully saturated rings. The van der Waals surface area contributed by atoms with Crippen LogP contribution in [0.5, 0.6) is 0 Å². The number of fused-ring (bicyclic) bond motifs is 1. The molecule has 0 aliphatic rings. The normalized spacial score (nSPS) is 11.3. The van der Waals surface area contributed by atoms with Gasteiger partial charge in [-0.25, -0.2) is 4.79 Å². The lowest BCUT2D eigenvalue weighted by Gasteiger charge is -2.10. The number of hydrogen-bond donors (Lipinski definition) is 2. The van der Waals surface area contributed by atoms with E-state index >= 15 is 0 Å². The molecule has 3 aromatic rings. The number of nitrogens with one attached hydrogen (secondary N) is 2. The van der Waals surface area contributed by atoms with E-state index < -0.39 is 30.2 Å². The summed E-state index contributed by atoms with van der Waals surface area (Å²) in [4.78, 5) is 23.8. The molecule has 3 rings (SSSR count). The van der Waals surface area contributed by atoms with E-state index in [1.54, 1.807) is 24.3 Å². The Morgan fingerprint density at radius 1 is 1.12 bits per heavy atom. The van der Waals surface area contributed by atoms with E-state index in [4.69, 9.17) is 4.74 Å². The van der Waals surface area contributed by atoms with E-state index in [-0.39, 0.29) is 11.4 Å². The highest BCUT2D eigenvalue weighted by atomic mass is 19.4. The average molecular weight is 363 g/mol. The molecular formula is C17H12F3N3O3. The third kappa shape index (κ3) is 3.82. The van der Waals surface area contributed by atoms with Crippen LogP contribution in [0.3, 0.4) is 0 Å². The molecule has 0 spiro atoms. The van der Waals surface area contributed by atoms with Gasteiger partial charge in [-0.15, -0.1) is 0 Å². The van der Waals surface area contributed by atoms with Crippen LogP contribution in [0.2, 0.25) is 0 Å². The first-order valence-electron chi connectivity index (χ1n) is 7.42. The number of rotatable bonds is 4. The number of carbonyl (C=O) groups excluding carboxylic acids is 2. The molecule has 9 heteroatoms. The molecule has 1 aromatic heterocycles. The lowest BCUT2D eigenvalue weighted by Crippen LogP contribution is -2.21. The number of aromatic amines is 1. The van der Waals surface area contributed by atoms with Gasteiger partial charge < -0.3 is 10.1 Å². The zero-order chi connectivity index (χ0) is 18.7. The molecular weight excluding hydrogens is 351 g/mol. The summed E-state index contributed by atoms with van der Waals surface area (Å²) < 4.78 is 42.8. The van der Waals surface area contributed by atoms with Crippen molar-refractivity contribution in [1.82, 2.24) is 10.2 Å². The van der Waals surface area contributed by atoms with Crippen molar-refractivity contribution in [2.75, 3.05) is 11.9 Å². The lowest BCUT2D eigenvalue weighted by molar-refractivity contribution is -0.137. The number of ether oxygens (including phenoxy) is 1. The first kappa shape index (κ1) is 17.5. The Morgan fingerprint density at radius 3 is 2.65 bits per heavy atom. The van der Waals surface area contributed by atoms with Crippen molar-refractivity contribution in [3.05, 3.63) is 59.8 Å². The standard InChI is InChI=1S/C17H12F3N3O3/c18-17(19,20)10-4-3-5-11(8-10)21-14(24)9-26-16(25)15-12-6-1-2-7-13(12)22-23-15/h1-8H,9H2,(H,21,24)(H,22,23). The van der Waals surface area contributed by atoms with Crippen molar-refractivity contribution >= 4 is 28.5 Å². The Hall–Kier alpha value is -3.36. The Balaban J connectivity index is 1.61. The van der Waals surface area contributed by atoms with Crippen LogP contribution in [0.1, 0.15) is 16.1 Å². The maximum absolute atomic E-state index is 12.7. The number of benzene rings is 2. The molecule has 2 aromatic carbocycles. The van der Waals surface area contributed by atoms with E-state index in [9.17, 15) is 22.8 Å². The van der Waals surface area contributed by atoms with Crippen LogP contribution in [0.4, 0.5) is 18.9 Å². The van der Waals surface area contributed by atoms with Gasteiger partial charge in [0.25, 0.3) is 5.91 Å². The molecule has 6 nitrogen and oxygen atoms in total. The predicted octanol–water partition coefficient (Wildman–Crippen LogP) is 3.38. The van der Waals surface area contributed by atoms with E-state index in [0.717, 1.165) is 12.1 Å². The molecule has 0 atom stereocenters. The second-order valence-electron chi connectivity index (χ2n) is 5.32. The van der Waals surface area contributed by atoms with Crippen LogP contribution in [-0.4, -0.2) is 28.7 Å². The molecule has 0 aliphatic carbocycles. The fourth-order valence-corrected chi connectivity index (χ4v) is 2.29. The van der Waals surface area contributed by atoms with Crippen molar-refractivity contribution in [2.24, 2.45) is 0 Å². The van der Waals surface area contributed by atoms with Crippen molar-refractivity contribution in [3.8, 4) is 0 Å². The van der Waals surface area contributed by atoms with Crippen LogP contribution in [0.25, 0.3) is 10.9 Å². The summed E-state index contributed by atoms with van der Waals surface area (Å²) in [5, 5.41) is 9.28. The van der Waals surface area contributed by atoms with Gasteiger partial charge in [0.1, 0.15) is 0 Å². The maximum atomic E-state index is 12.7. The summed E-state index contributed by atoms with van der Waals surface area (Å²) in [5.41, 5.74) is -0.290. The third-order valence-electron chi connectivity index (χ3n) is 3.47. The van der Waals surface area contributed by atoms with Crippen molar-refractivity contribution in [2.45, 2.75) is 6.18 Å². The molecule has 1 amide bonds. The van der Waals surface area contributed by atoms with Crippen LogP contribution in [0, 0.1) is 0 Å². The number of H-pyrrole nitrogens is 1. The minimum absolute atomic E-state index is 0.0208. The quantitative estimate of drug-likeness (QED) is 0.696. The number of nitrogens with zero attached hydrogens (tertiary/aromatic N) is 1. The van der Waals surface area contributed by atoms with Crippen LogP contribution in [-0.2, 0) is 15.7 Å². The maximum Gasteiger partial charge on any atom is 0.416 e. The number of alkyl halides is 3. The second-order valence-corrected chi connectivity index (χ2v) is 5.32. The van der Waals surface area contributed by atoms with Gasteiger partial charge in [0, 0.05) is 11.1 Å². The Bertz CT molecular complexity index is 966. The molecule has 0 radical (unpaired) electrons. The monoisotopic (exact) mass is 363 g/mol. The van der Waals surface area contributed by atoms with E-state index in [1.807, 2.05) is 0 Å². The number of halogens is 3. The first-order valence-corrected chi connectivity index (χ1v) is 7.42. The Morgan fingerprint density at radius 2 is 1.88 bits per heavy atom. The van der Waals surface area contributed by atoms with Gasteiger partial charge in [0.05, 0.1) is 11.1 Å². The molecule has 0 aliphatic heterocycles. The number of anilines is 1. The highest BCUT2D eigenvalue weighted by molar-refractivity contribution is 6.03. The minimum atomic E-state index is -4.52. The predicted molar refractivity (Wildman–Crippen MR) is 86.4 cm³/mol. The summed E-state index contributed by atoms with van der Waals surface area (Å²) in [6, 6.07) is 11.0. The zero-order valence-corrected chi connectivity index (χ0v) is 13.1. The van der Waals surface area contributed by atoms with E-state index in [0.29, 0.717) is 10.9 Å². The number of para-hydroxylation sites is 1. The van der Waals surface area contributed by atoms with Crippen molar-refractivity contribution in [1.29, 1.82) is 0 Å². The van der Waals surface area contributed by atoms with Gasteiger partial charge in [0.2, 0.25) is 0 Å². The largest absolute Gasteiger partial charge is 0.451 e. The molecule has 1 heterocycles. The lowest BCUT2D eigenvalue weighted by atomic mass is 10.2. The van der Waals surface area contributed by atoms with Crippen molar-refractivity contribution < 1.29 is 27.5 Å². The Kier molecular flexibility index (Phi) is 4.61. The van der Waals surface area contributed by atoms with Crippen LogP contribution in [0.15, 0.2) is 48.5 Å². The molecule has 134 valence electrons. The van der Waals surface area contributed by atoms with Gasteiger partial charge in [0.15, 0.2) is 12.3 Å². The highest BCUT2D eigenvalue weighted by Crippen LogP contribution is 2.30. The Labute approximate surface area is 145 Å². The fourth-order valence-electron chi connectivity index (χ4n) is 2.29. The summed E-state index contributed by atoms with van der Waals surface area (Å²) >= 11 is 0. The van der Waals surface area contributed by atoms with Crippen LogP contribution >= 0.6 is 0 Å².